The van der Waals surface area contributed by atoms with E-state index in [4.69, 9.17) is 16.1 Å². The summed E-state index contributed by atoms with van der Waals surface area (Å²) in [4.78, 5) is 12.4. The quantitative estimate of drug-likeness (QED) is 0.928. The molecule has 2 rings (SSSR count). The lowest BCUT2D eigenvalue weighted by Gasteiger charge is -2.11. The second-order valence-corrected chi connectivity index (χ2v) is 5.21. The average Bonchev–Trinajstić information content (AvgIpc) is 2.74. The minimum atomic E-state index is -0.241. The van der Waals surface area contributed by atoms with Crippen LogP contribution in [0.15, 0.2) is 16.7 Å². The van der Waals surface area contributed by atoms with Crippen molar-refractivity contribution in [1.82, 2.24) is 5.16 Å². The predicted molar refractivity (Wildman–Crippen MR) is 79.5 cm³/mol. The average molecular weight is 293 g/mol. The van der Waals surface area contributed by atoms with Gasteiger partial charge >= 0.3 is 0 Å². The molecule has 1 amide bonds. The van der Waals surface area contributed by atoms with E-state index in [0.29, 0.717) is 34.1 Å². The van der Waals surface area contributed by atoms with E-state index in [9.17, 15) is 4.79 Å². The molecule has 0 saturated carbocycles. The van der Waals surface area contributed by atoms with Gasteiger partial charge in [-0.2, -0.15) is 0 Å². The number of aromatic nitrogens is 1. The summed E-state index contributed by atoms with van der Waals surface area (Å²) in [5.74, 6) is 0.273. The number of nitrogens with zero attached hydrogens (tertiary/aromatic N) is 1. The van der Waals surface area contributed by atoms with Crippen LogP contribution in [0.4, 0.5) is 5.69 Å². The summed E-state index contributed by atoms with van der Waals surface area (Å²) in [5, 5.41) is 7.27. The van der Waals surface area contributed by atoms with Crippen LogP contribution < -0.4 is 5.32 Å². The molecule has 0 bridgehead atoms. The number of halogens is 1. The number of aryl methyl sites for hydroxylation is 4. The highest BCUT2D eigenvalue weighted by atomic mass is 35.5. The Hall–Kier alpha value is -1.81. The molecule has 0 aliphatic carbocycles. The van der Waals surface area contributed by atoms with Crippen molar-refractivity contribution in [1.29, 1.82) is 0 Å². The third-order valence-corrected chi connectivity index (χ3v) is 3.46. The van der Waals surface area contributed by atoms with Gasteiger partial charge in [-0.15, -0.1) is 0 Å². The first-order chi connectivity index (χ1) is 9.43. The Morgan fingerprint density at radius 1 is 1.35 bits per heavy atom. The Kier molecular flexibility index (Phi) is 4.14. The van der Waals surface area contributed by atoms with Gasteiger partial charge in [-0.3, -0.25) is 4.79 Å². The summed E-state index contributed by atoms with van der Waals surface area (Å²) in [6.07, 6.45) is 0.640. The molecule has 0 saturated heterocycles. The smallest absolute Gasteiger partial charge is 0.261 e. The predicted octanol–water partition coefficient (Wildman–Crippen LogP) is 4.07. The van der Waals surface area contributed by atoms with Crippen molar-refractivity contribution in [3.8, 4) is 0 Å². The summed E-state index contributed by atoms with van der Waals surface area (Å²) >= 11 is 6.20. The zero-order valence-corrected chi connectivity index (χ0v) is 12.8. The van der Waals surface area contributed by atoms with Gasteiger partial charge in [0.05, 0.1) is 16.4 Å². The topological polar surface area (TPSA) is 55.1 Å². The number of hydrogen-bond donors (Lipinski definition) is 1. The molecular weight excluding hydrogens is 276 g/mol. The zero-order valence-electron chi connectivity index (χ0n) is 12.0. The fourth-order valence-electron chi connectivity index (χ4n) is 2.20. The van der Waals surface area contributed by atoms with Gasteiger partial charge in [-0.1, -0.05) is 29.7 Å². The molecule has 0 atom stereocenters. The van der Waals surface area contributed by atoms with E-state index in [2.05, 4.69) is 10.5 Å². The molecule has 1 heterocycles. The number of carbonyl (C=O) groups is 1. The van der Waals surface area contributed by atoms with Crippen LogP contribution in [0.3, 0.4) is 0 Å². The molecule has 4 nitrogen and oxygen atoms in total. The van der Waals surface area contributed by atoms with Gasteiger partial charge in [0.25, 0.3) is 5.91 Å². The van der Waals surface area contributed by atoms with Gasteiger partial charge in [0, 0.05) is 0 Å². The number of anilines is 1. The lowest BCUT2D eigenvalue weighted by molar-refractivity contribution is 0.102. The van der Waals surface area contributed by atoms with Crippen LogP contribution in [0.1, 0.15) is 39.9 Å². The zero-order chi connectivity index (χ0) is 14.9. The SMILES string of the molecule is CCc1noc(C)c1C(=O)Nc1c(C)cc(C)cc1Cl. The van der Waals surface area contributed by atoms with E-state index in [1.54, 1.807) is 6.92 Å². The Balaban J connectivity index is 2.35. The lowest BCUT2D eigenvalue weighted by atomic mass is 10.1. The molecule has 2 aromatic rings. The van der Waals surface area contributed by atoms with Gasteiger partial charge in [-0.05, 0) is 44.4 Å². The molecule has 1 aromatic heterocycles. The normalized spacial score (nSPS) is 10.7. The third-order valence-electron chi connectivity index (χ3n) is 3.17. The highest BCUT2D eigenvalue weighted by molar-refractivity contribution is 6.34. The minimum absolute atomic E-state index is 0.241. The van der Waals surface area contributed by atoms with E-state index < -0.39 is 0 Å². The van der Waals surface area contributed by atoms with Crippen molar-refractivity contribution in [3.05, 3.63) is 45.3 Å². The van der Waals surface area contributed by atoms with Gasteiger partial charge in [0.1, 0.15) is 11.3 Å². The summed E-state index contributed by atoms with van der Waals surface area (Å²) in [7, 11) is 0. The molecule has 1 aromatic carbocycles. The Morgan fingerprint density at radius 2 is 2.05 bits per heavy atom. The summed E-state index contributed by atoms with van der Waals surface area (Å²) in [6.45, 7) is 7.53. The first kappa shape index (κ1) is 14.6. The number of amides is 1. The third kappa shape index (κ3) is 2.70. The number of hydrogen-bond acceptors (Lipinski definition) is 3. The Labute approximate surface area is 123 Å². The van der Waals surface area contributed by atoms with Gasteiger partial charge in [0.2, 0.25) is 0 Å². The van der Waals surface area contributed by atoms with Crippen LogP contribution >= 0.6 is 11.6 Å². The molecule has 0 aliphatic heterocycles. The van der Waals surface area contributed by atoms with Crippen LogP contribution in [0.2, 0.25) is 5.02 Å². The molecule has 1 N–H and O–H groups in total. The molecular formula is C15H17ClN2O2. The monoisotopic (exact) mass is 292 g/mol. The number of benzene rings is 1. The van der Waals surface area contributed by atoms with Crippen LogP contribution in [0, 0.1) is 20.8 Å². The summed E-state index contributed by atoms with van der Waals surface area (Å²) in [5.41, 5.74) is 3.76. The van der Waals surface area contributed by atoms with Crippen molar-refractivity contribution in [3.63, 3.8) is 0 Å². The molecule has 0 radical (unpaired) electrons. The van der Waals surface area contributed by atoms with Crippen molar-refractivity contribution < 1.29 is 9.32 Å². The fourth-order valence-corrected chi connectivity index (χ4v) is 2.57. The molecule has 0 spiro atoms. The highest BCUT2D eigenvalue weighted by Crippen LogP contribution is 2.28. The van der Waals surface area contributed by atoms with Crippen molar-refractivity contribution >= 4 is 23.2 Å². The Bertz CT molecular complexity index is 639. The lowest BCUT2D eigenvalue weighted by Crippen LogP contribution is -2.15. The van der Waals surface area contributed by atoms with Gasteiger partial charge < -0.3 is 9.84 Å². The second-order valence-electron chi connectivity index (χ2n) is 4.81. The van der Waals surface area contributed by atoms with Crippen molar-refractivity contribution in [2.45, 2.75) is 34.1 Å². The number of carbonyl (C=O) groups excluding carboxylic acids is 1. The highest BCUT2D eigenvalue weighted by Gasteiger charge is 2.20. The standard InChI is InChI=1S/C15H17ClN2O2/c1-5-12-13(10(4)20-18-12)15(19)17-14-9(3)6-8(2)7-11(14)16/h6-7H,5H2,1-4H3,(H,17,19). The van der Waals surface area contributed by atoms with Crippen molar-refractivity contribution in [2.24, 2.45) is 0 Å². The molecule has 20 heavy (non-hydrogen) atoms. The Morgan fingerprint density at radius 3 is 2.65 bits per heavy atom. The number of nitrogens with one attached hydrogen (secondary N) is 1. The van der Waals surface area contributed by atoms with Gasteiger partial charge in [0.15, 0.2) is 0 Å². The maximum atomic E-state index is 12.4. The fraction of sp³-hybridized carbons (Fsp3) is 0.333. The number of rotatable bonds is 3. The van der Waals surface area contributed by atoms with Crippen LogP contribution in [-0.4, -0.2) is 11.1 Å². The van der Waals surface area contributed by atoms with Crippen LogP contribution in [-0.2, 0) is 6.42 Å². The van der Waals surface area contributed by atoms with Crippen LogP contribution in [0.5, 0.6) is 0 Å². The minimum Gasteiger partial charge on any atom is -0.361 e. The second kappa shape index (κ2) is 5.67. The first-order valence-electron chi connectivity index (χ1n) is 6.47. The summed E-state index contributed by atoms with van der Waals surface area (Å²) < 4.78 is 5.08. The van der Waals surface area contributed by atoms with E-state index in [-0.39, 0.29) is 5.91 Å². The van der Waals surface area contributed by atoms with Gasteiger partial charge in [-0.25, -0.2) is 0 Å². The van der Waals surface area contributed by atoms with Crippen molar-refractivity contribution in [2.75, 3.05) is 5.32 Å². The largest absolute Gasteiger partial charge is 0.361 e. The molecule has 0 fully saturated rings. The maximum Gasteiger partial charge on any atom is 0.261 e. The molecule has 5 heteroatoms. The molecule has 0 unspecified atom stereocenters. The van der Waals surface area contributed by atoms with E-state index in [0.717, 1.165) is 11.1 Å². The molecule has 106 valence electrons. The first-order valence-corrected chi connectivity index (χ1v) is 6.85. The van der Waals surface area contributed by atoms with E-state index in [1.807, 2.05) is 32.9 Å². The maximum absolute atomic E-state index is 12.4. The van der Waals surface area contributed by atoms with Crippen LogP contribution in [0.25, 0.3) is 0 Å². The van der Waals surface area contributed by atoms with E-state index >= 15 is 0 Å². The molecule has 0 aliphatic rings. The summed E-state index contributed by atoms with van der Waals surface area (Å²) in [6, 6.07) is 3.80. The van der Waals surface area contributed by atoms with E-state index in [1.165, 1.54) is 0 Å².